The number of hydrogen-bond donors (Lipinski definition) is 2. The second-order valence-electron chi connectivity index (χ2n) is 5.58. The van der Waals surface area contributed by atoms with Gasteiger partial charge in [-0.1, -0.05) is 13.0 Å². The molecule has 2 aromatic rings. The van der Waals surface area contributed by atoms with Gasteiger partial charge < -0.3 is 10.1 Å². The summed E-state index contributed by atoms with van der Waals surface area (Å²) < 4.78 is 5.47. The van der Waals surface area contributed by atoms with E-state index in [0.29, 0.717) is 12.1 Å². The van der Waals surface area contributed by atoms with Crippen molar-refractivity contribution >= 4 is 5.91 Å². The maximum absolute atomic E-state index is 12.3. The summed E-state index contributed by atoms with van der Waals surface area (Å²) in [6.07, 6.45) is 5.76. The third kappa shape index (κ3) is 2.71. The van der Waals surface area contributed by atoms with Crippen LogP contribution in [0.4, 0.5) is 0 Å². The number of methoxy groups -OCH3 is 1. The monoisotopic (exact) mass is 299 g/mol. The number of ether oxygens (including phenoxy) is 1. The van der Waals surface area contributed by atoms with E-state index in [-0.39, 0.29) is 5.91 Å². The number of carbonyl (C=O) groups is 1. The van der Waals surface area contributed by atoms with Gasteiger partial charge in [-0.15, -0.1) is 0 Å². The van der Waals surface area contributed by atoms with Crippen molar-refractivity contribution in [3.8, 4) is 5.75 Å². The number of nitrogens with zero attached hydrogens (tertiary/aromatic N) is 1. The van der Waals surface area contributed by atoms with Crippen LogP contribution in [0.1, 0.15) is 46.1 Å². The number of fused-ring (bicyclic) bond motifs is 1. The minimum Gasteiger partial charge on any atom is -0.496 e. The Bertz CT molecular complexity index is 691. The zero-order chi connectivity index (χ0) is 15.5. The zero-order valence-electron chi connectivity index (χ0n) is 13.0. The number of H-pyrrole nitrogens is 1. The predicted molar refractivity (Wildman–Crippen MR) is 84.2 cm³/mol. The zero-order valence-corrected chi connectivity index (χ0v) is 13.0. The quantitative estimate of drug-likeness (QED) is 0.891. The van der Waals surface area contributed by atoms with Gasteiger partial charge in [-0.3, -0.25) is 9.89 Å². The third-order valence-electron chi connectivity index (χ3n) is 4.25. The van der Waals surface area contributed by atoms with Crippen molar-refractivity contribution in [2.75, 3.05) is 7.11 Å². The summed E-state index contributed by atoms with van der Waals surface area (Å²) >= 11 is 0. The van der Waals surface area contributed by atoms with Gasteiger partial charge >= 0.3 is 0 Å². The van der Waals surface area contributed by atoms with Gasteiger partial charge in [-0.2, -0.15) is 5.10 Å². The lowest BCUT2D eigenvalue weighted by molar-refractivity contribution is 0.0950. The van der Waals surface area contributed by atoms with E-state index in [9.17, 15) is 4.79 Å². The van der Waals surface area contributed by atoms with E-state index in [1.807, 2.05) is 6.92 Å². The van der Waals surface area contributed by atoms with Crippen molar-refractivity contribution in [1.29, 1.82) is 0 Å². The summed E-state index contributed by atoms with van der Waals surface area (Å²) in [6, 6.07) is 4.27. The topological polar surface area (TPSA) is 67.0 Å². The van der Waals surface area contributed by atoms with Crippen LogP contribution < -0.4 is 10.1 Å². The lowest BCUT2D eigenvalue weighted by atomic mass is 10.0. The molecule has 1 aromatic carbocycles. The van der Waals surface area contributed by atoms with Crippen LogP contribution in [0.3, 0.4) is 0 Å². The van der Waals surface area contributed by atoms with Crippen LogP contribution in [-0.2, 0) is 25.8 Å². The van der Waals surface area contributed by atoms with Crippen LogP contribution in [0.15, 0.2) is 18.3 Å². The number of aromatic amines is 1. The molecule has 0 bridgehead atoms. The minimum absolute atomic E-state index is 0.104. The summed E-state index contributed by atoms with van der Waals surface area (Å²) in [7, 11) is 1.67. The smallest absolute Gasteiger partial charge is 0.255 e. The number of carbonyl (C=O) groups excluding carboxylic acids is 1. The first-order valence-corrected chi connectivity index (χ1v) is 7.72. The maximum Gasteiger partial charge on any atom is 0.255 e. The maximum atomic E-state index is 12.3. The molecular weight excluding hydrogens is 278 g/mol. The highest BCUT2D eigenvalue weighted by atomic mass is 16.5. The molecule has 0 saturated carbocycles. The first kappa shape index (κ1) is 14.6. The fourth-order valence-electron chi connectivity index (χ4n) is 3.03. The molecule has 1 amide bonds. The Labute approximate surface area is 130 Å². The predicted octanol–water partition coefficient (Wildman–Crippen LogP) is 2.40. The molecule has 3 rings (SSSR count). The van der Waals surface area contributed by atoms with Gasteiger partial charge in [0, 0.05) is 17.8 Å². The minimum atomic E-state index is -0.104. The van der Waals surface area contributed by atoms with Gasteiger partial charge in [-0.05, 0) is 42.9 Å². The fourth-order valence-corrected chi connectivity index (χ4v) is 3.03. The van der Waals surface area contributed by atoms with Gasteiger partial charge in [-0.25, -0.2) is 0 Å². The largest absolute Gasteiger partial charge is 0.496 e. The summed E-state index contributed by atoms with van der Waals surface area (Å²) in [5.41, 5.74) is 5.25. The molecule has 0 spiro atoms. The van der Waals surface area contributed by atoms with Crippen molar-refractivity contribution < 1.29 is 9.53 Å². The van der Waals surface area contributed by atoms with Crippen LogP contribution >= 0.6 is 0 Å². The number of rotatable bonds is 5. The van der Waals surface area contributed by atoms with Crippen LogP contribution in [0.5, 0.6) is 5.75 Å². The van der Waals surface area contributed by atoms with E-state index in [0.717, 1.165) is 36.3 Å². The number of hydrogen-bond acceptors (Lipinski definition) is 3. The molecule has 5 heteroatoms. The number of amides is 1. The van der Waals surface area contributed by atoms with Gasteiger partial charge in [0.25, 0.3) is 5.91 Å². The number of aromatic nitrogens is 2. The fraction of sp³-hybridized carbons (Fsp3) is 0.412. The molecule has 1 aliphatic rings. The summed E-state index contributed by atoms with van der Waals surface area (Å²) in [5, 5.41) is 9.76. The molecule has 0 saturated heterocycles. The summed E-state index contributed by atoms with van der Waals surface area (Å²) in [4.78, 5) is 12.3. The molecule has 1 aliphatic carbocycles. The average Bonchev–Trinajstić information content (AvgIpc) is 3.19. The molecule has 0 aliphatic heterocycles. The number of benzene rings is 1. The van der Waals surface area contributed by atoms with E-state index in [4.69, 9.17) is 4.74 Å². The Morgan fingerprint density at radius 3 is 2.86 bits per heavy atom. The standard InChI is InChI=1S/C17H21N3O2/c1-3-15-14(10-19-20-15)17(21)18-9-13-7-11-5-4-6-12(11)8-16(13)22-2/h7-8,10H,3-6,9H2,1-2H3,(H,18,21)(H,19,20). The normalized spacial score (nSPS) is 13.0. The van der Waals surface area contributed by atoms with Crippen LogP contribution in [0.25, 0.3) is 0 Å². The Morgan fingerprint density at radius 2 is 2.14 bits per heavy atom. The van der Waals surface area contributed by atoms with Crippen molar-refractivity contribution in [3.63, 3.8) is 0 Å². The molecule has 0 fully saturated rings. The molecule has 0 unspecified atom stereocenters. The Kier molecular flexibility index (Phi) is 4.13. The van der Waals surface area contributed by atoms with E-state index >= 15 is 0 Å². The second kappa shape index (κ2) is 6.22. The van der Waals surface area contributed by atoms with E-state index in [1.165, 1.54) is 17.5 Å². The van der Waals surface area contributed by atoms with Gasteiger partial charge in [0.1, 0.15) is 5.75 Å². The number of aryl methyl sites for hydroxylation is 3. The average molecular weight is 299 g/mol. The SMILES string of the molecule is CCc1[nH]ncc1C(=O)NCc1cc2c(cc1OC)CCC2. The Hall–Kier alpha value is -2.30. The van der Waals surface area contributed by atoms with Crippen LogP contribution in [0.2, 0.25) is 0 Å². The first-order chi connectivity index (χ1) is 10.7. The van der Waals surface area contributed by atoms with Gasteiger partial charge in [0.2, 0.25) is 0 Å². The van der Waals surface area contributed by atoms with Crippen molar-refractivity contribution in [2.45, 2.75) is 39.2 Å². The van der Waals surface area contributed by atoms with E-state index < -0.39 is 0 Å². The molecule has 1 heterocycles. The highest BCUT2D eigenvalue weighted by molar-refractivity contribution is 5.95. The molecule has 2 N–H and O–H groups in total. The van der Waals surface area contributed by atoms with Crippen molar-refractivity contribution in [2.24, 2.45) is 0 Å². The lowest BCUT2D eigenvalue weighted by Crippen LogP contribution is -2.23. The number of nitrogens with one attached hydrogen (secondary N) is 2. The van der Waals surface area contributed by atoms with Crippen LogP contribution in [-0.4, -0.2) is 23.2 Å². The van der Waals surface area contributed by atoms with Gasteiger partial charge in [0.05, 0.1) is 18.9 Å². The van der Waals surface area contributed by atoms with Crippen molar-refractivity contribution in [3.05, 3.63) is 46.3 Å². The first-order valence-electron chi connectivity index (χ1n) is 7.72. The highest BCUT2D eigenvalue weighted by Gasteiger charge is 2.17. The molecular formula is C17H21N3O2. The highest BCUT2D eigenvalue weighted by Crippen LogP contribution is 2.29. The molecule has 0 atom stereocenters. The molecule has 116 valence electrons. The molecule has 0 radical (unpaired) electrons. The molecule has 1 aromatic heterocycles. The van der Waals surface area contributed by atoms with Gasteiger partial charge in [0.15, 0.2) is 0 Å². The van der Waals surface area contributed by atoms with Crippen LogP contribution in [0, 0.1) is 0 Å². The second-order valence-corrected chi connectivity index (χ2v) is 5.58. The lowest BCUT2D eigenvalue weighted by Gasteiger charge is -2.12. The summed E-state index contributed by atoms with van der Waals surface area (Å²) in [6.45, 7) is 2.46. The summed E-state index contributed by atoms with van der Waals surface area (Å²) in [5.74, 6) is 0.747. The van der Waals surface area contributed by atoms with E-state index in [2.05, 4.69) is 27.6 Å². The van der Waals surface area contributed by atoms with Crippen molar-refractivity contribution in [1.82, 2.24) is 15.5 Å². The molecule has 5 nitrogen and oxygen atoms in total. The third-order valence-corrected chi connectivity index (χ3v) is 4.25. The molecule has 22 heavy (non-hydrogen) atoms. The Balaban J connectivity index is 1.75. The Morgan fingerprint density at radius 1 is 1.36 bits per heavy atom. The van der Waals surface area contributed by atoms with E-state index in [1.54, 1.807) is 13.3 Å².